The fourth-order valence-corrected chi connectivity index (χ4v) is 2.77. The molecule has 0 aliphatic carbocycles. The summed E-state index contributed by atoms with van der Waals surface area (Å²) in [6, 6.07) is 4.63. The fraction of sp³-hybridized carbons (Fsp3) is 0.684. The van der Waals surface area contributed by atoms with Gasteiger partial charge in [-0.2, -0.15) is 0 Å². The van der Waals surface area contributed by atoms with Gasteiger partial charge >= 0.3 is 0 Å². The molecule has 1 heteroatoms. The molecule has 0 amide bonds. The van der Waals surface area contributed by atoms with Crippen molar-refractivity contribution < 1.29 is 0 Å². The van der Waals surface area contributed by atoms with E-state index in [2.05, 4.69) is 72.8 Å². The van der Waals surface area contributed by atoms with Gasteiger partial charge in [0.15, 0.2) is 0 Å². The largest absolute Gasteiger partial charge is 0.312 e. The van der Waals surface area contributed by atoms with E-state index in [9.17, 15) is 0 Å². The molecule has 0 saturated heterocycles. The minimum Gasteiger partial charge on any atom is -0.312 e. The van der Waals surface area contributed by atoms with Gasteiger partial charge in [-0.1, -0.05) is 31.5 Å². The van der Waals surface area contributed by atoms with Gasteiger partial charge in [0, 0.05) is 5.54 Å². The number of nitrogens with one attached hydrogen (secondary N) is 1. The van der Waals surface area contributed by atoms with Crippen LogP contribution in [0.1, 0.15) is 56.9 Å². The Balaban J connectivity index is 2.86. The molecule has 0 aliphatic rings. The van der Waals surface area contributed by atoms with Crippen LogP contribution in [0.3, 0.4) is 0 Å². The summed E-state index contributed by atoms with van der Waals surface area (Å²) in [5.74, 6) is 1.39. The molecule has 20 heavy (non-hydrogen) atoms. The highest BCUT2D eigenvalue weighted by Crippen LogP contribution is 2.24. The SMILES string of the molecule is Cc1cc(C)c(CC(CNC(C)(C)C)C(C)C)c(C)c1. The van der Waals surface area contributed by atoms with Crippen molar-refractivity contribution in [1.29, 1.82) is 0 Å². The van der Waals surface area contributed by atoms with E-state index in [4.69, 9.17) is 0 Å². The minimum absolute atomic E-state index is 0.199. The third-order valence-electron chi connectivity index (χ3n) is 4.14. The molecule has 0 heterocycles. The van der Waals surface area contributed by atoms with Crippen LogP contribution in [0.4, 0.5) is 0 Å². The molecule has 0 spiro atoms. The van der Waals surface area contributed by atoms with Crippen LogP contribution < -0.4 is 5.32 Å². The average Bonchev–Trinajstić information content (AvgIpc) is 2.24. The van der Waals surface area contributed by atoms with Crippen LogP contribution in [-0.2, 0) is 6.42 Å². The summed E-state index contributed by atoms with van der Waals surface area (Å²) < 4.78 is 0. The number of benzene rings is 1. The van der Waals surface area contributed by atoms with Crippen molar-refractivity contribution in [3.63, 3.8) is 0 Å². The first-order chi connectivity index (χ1) is 9.10. The molecule has 0 bridgehead atoms. The van der Waals surface area contributed by atoms with Crippen molar-refractivity contribution in [3.8, 4) is 0 Å². The smallest absolute Gasteiger partial charge is 0.00966 e. The molecule has 1 unspecified atom stereocenters. The second-order valence-corrected chi connectivity index (χ2v) is 7.72. The van der Waals surface area contributed by atoms with Crippen molar-refractivity contribution in [2.24, 2.45) is 11.8 Å². The van der Waals surface area contributed by atoms with Crippen LogP contribution in [-0.4, -0.2) is 12.1 Å². The van der Waals surface area contributed by atoms with Crippen molar-refractivity contribution in [2.45, 2.75) is 67.3 Å². The van der Waals surface area contributed by atoms with Gasteiger partial charge < -0.3 is 5.32 Å². The minimum atomic E-state index is 0.199. The zero-order chi connectivity index (χ0) is 15.5. The third-order valence-corrected chi connectivity index (χ3v) is 4.14. The van der Waals surface area contributed by atoms with Gasteiger partial charge in [-0.25, -0.2) is 0 Å². The highest BCUT2D eigenvalue weighted by Gasteiger charge is 2.19. The molecular formula is C19H33N. The molecule has 0 aliphatic heterocycles. The van der Waals surface area contributed by atoms with E-state index in [1.54, 1.807) is 5.56 Å². The fourth-order valence-electron chi connectivity index (χ4n) is 2.77. The van der Waals surface area contributed by atoms with Crippen molar-refractivity contribution in [3.05, 3.63) is 34.4 Å². The highest BCUT2D eigenvalue weighted by molar-refractivity contribution is 5.37. The van der Waals surface area contributed by atoms with Gasteiger partial charge in [-0.3, -0.25) is 0 Å². The summed E-state index contributed by atoms with van der Waals surface area (Å²) in [6.07, 6.45) is 1.18. The second-order valence-electron chi connectivity index (χ2n) is 7.72. The lowest BCUT2D eigenvalue weighted by Gasteiger charge is -2.28. The Morgan fingerprint density at radius 2 is 1.50 bits per heavy atom. The van der Waals surface area contributed by atoms with E-state index in [1.807, 2.05) is 0 Å². The Kier molecular flexibility index (Phi) is 5.82. The van der Waals surface area contributed by atoms with E-state index >= 15 is 0 Å². The average molecular weight is 275 g/mol. The lowest BCUT2D eigenvalue weighted by molar-refractivity contribution is 0.311. The normalized spacial score (nSPS) is 13.8. The zero-order valence-corrected chi connectivity index (χ0v) is 14.7. The second kappa shape index (κ2) is 6.76. The first kappa shape index (κ1) is 17.2. The van der Waals surface area contributed by atoms with Gasteiger partial charge in [0.25, 0.3) is 0 Å². The maximum Gasteiger partial charge on any atom is 0.00966 e. The van der Waals surface area contributed by atoms with E-state index < -0.39 is 0 Å². The number of hydrogen-bond acceptors (Lipinski definition) is 1. The zero-order valence-electron chi connectivity index (χ0n) is 14.7. The molecule has 1 N–H and O–H groups in total. The van der Waals surface area contributed by atoms with Gasteiger partial charge in [0.05, 0.1) is 0 Å². The predicted molar refractivity (Wildman–Crippen MR) is 90.4 cm³/mol. The third kappa shape index (κ3) is 5.28. The summed E-state index contributed by atoms with van der Waals surface area (Å²) >= 11 is 0. The Morgan fingerprint density at radius 3 is 1.90 bits per heavy atom. The summed E-state index contributed by atoms with van der Waals surface area (Å²) in [5.41, 5.74) is 6.01. The van der Waals surface area contributed by atoms with E-state index in [0.717, 1.165) is 6.54 Å². The van der Waals surface area contributed by atoms with Crippen LogP contribution >= 0.6 is 0 Å². The number of hydrogen-bond donors (Lipinski definition) is 1. The van der Waals surface area contributed by atoms with E-state index in [0.29, 0.717) is 11.8 Å². The van der Waals surface area contributed by atoms with Gasteiger partial charge in [-0.05, 0) is 83.0 Å². The van der Waals surface area contributed by atoms with Crippen molar-refractivity contribution in [1.82, 2.24) is 5.32 Å². The van der Waals surface area contributed by atoms with Gasteiger partial charge in [-0.15, -0.1) is 0 Å². The lowest BCUT2D eigenvalue weighted by atomic mass is 9.85. The molecule has 0 aromatic heterocycles. The molecule has 1 aromatic carbocycles. The van der Waals surface area contributed by atoms with Crippen LogP contribution in [0.25, 0.3) is 0 Å². The van der Waals surface area contributed by atoms with Crippen LogP contribution in [0, 0.1) is 32.6 Å². The van der Waals surface area contributed by atoms with Crippen LogP contribution in [0.2, 0.25) is 0 Å². The molecule has 1 rings (SSSR count). The summed E-state index contributed by atoms with van der Waals surface area (Å²) in [6.45, 7) is 19.2. The first-order valence-corrected chi connectivity index (χ1v) is 7.92. The molecule has 0 fully saturated rings. The lowest BCUT2D eigenvalue weighted by Crippen LogP contribution is -2.40. The summed E-state index contributed by atoms with van der Waals surface area (Å²) in [4.78, 5) is 0. The Labute approximate surface area is 126 Å². The Hall–Kier alpha value is -0.820. The highest BCUT2D eigenvalue weighted by atomic mass is 14.9. The first-order valence-electron chi connectivity index (χ1n) is 7.92. The van der Waals surface area contributed by atoms with Gasteiger partial charge in [0.2, 0.25) is 0 Å². The molecule has 1 aromatic rings. The quantitative estimate of drug-likeness (QED) is 0.812. The maximum absolute atomic E-state index is 3.67. The number of aryl methyl sites for hydroxylation is 3. The Bertz CT molecular complexity index is 415. The molecule has 0 saturated carbocycles. The topological polar surface area (TPSA) is 12.0 Å². The molecule has 114 valence electrons. The standard InChI is InChI=1S/C19H33N/c1-13(2)17(12-20-19(6,7)8)11-18-15(4)9-14(3)10-16(18)5/h9-10,13,17,20H,11-12H2,1-8H3. The summed E-state index contributed by atoms with van der Waals surface area (Å²) in [7, 11) is 0. The molecule has 0 radical (unpaired) electrons. The van der Waals surface area contributed by atoms with Crippen molar-refractivity contribution >= 4 is 0 Å². The van der Waals surface area contributed by atoms with Crippen LogP contribution in [0.5, 0.6) is 0 Å². The van der Waals surface area contributed by atoms with Gasteiger partial charge in [0.1, 0.15) is 0 Å². The van der Waals surface area contributed by atoms with Crippen molar-refractivity contribution in [2.75, 3.05) is 6.54 Å². The van der Waals surface area contributed by atoms with Crippen LogP contribution in [0.15, 0.2) is 12.1 Å². The molecule has 1 atom stereocenters. The Morgan fingerprint density at radius 1 is 1.00 bits per heavy atom. The molecule has 1 nitrogen and oxygen atoms in total. The monoisotopic (exact) mass is 275 g/mol. The van der Waals surface area contributed by atoms with E-state index in [1.165, 1.54) is 23.1 Å². The summed E-state index contributed by atoms with van der Waals surface area (Å²) in [5, 5.41) is 3.67. The molecular weight excluding hydrogens is 242 g/mol. The maximum atomic E-state index is 3.67. The predicted octanol–water partition coefficient (Wildman–Crippen LogP) is 4.81. The number of rotatable bonds is 5. The van der Waals surface area contributed by atoms with E-state index in [-0.39, 0.29) is 5.54 Å².